The average molecular weight is 583 g/mol. The van der Waals surface area contributed by atoms with Gasteiger partial charge >= 0.3 is 0 Å². The summed E-state index contributed by atoms with van der Waals surface area (Å²) in [5.41, 5.74) is 5.66. The standard InChI is InChI=1S/C36H27FN4O3/c1-23-19-27(24(2)40(23)29-15-17-30(18-16-29)43-22-25-11-13-28(37)14-12-25)21-38-41-35(34-20-26-7-3-6-10-33(26)44-34)39-32-9-5-4-8-31(32)36(41)42/h3-21H,22H2,1-2H3. The van der Waals surface area contributed by atoms with Crippen molar-refractivity contribution in [3.63, 3.8) is 0 Å². The van der Waals surface area contributed by atoms with E-state index in [9.17, 15) is 9.18 Å². The summed E-state index contributed by atoms with van der Waals surface area (Å²) in [6, 6.07) is 32.8. The lowest BCUT2D eigenvalue weighted by Gasteiger charge is -2.11. The summed E-state index contributed by atoms with van der Waals surface area (Å²) in [5.74, 6) is 1.22. The van der Waals surface area contributed by atoms with E-state index in [0.29, 0.717) is 40.4 Å². The Labute approximate surface area is 252 Å². The van der Waals surface area contributed by atoms with E-state index < -0.39 is 0 Å². The van der Waals surface area contributed by atoms with Gasteiger partial charge in [-0.3, -0.25) is 4.79 Å². The third-order valence-corrected chi connectivity index (χ3v) is 7.60. The van der Waals surface area contributed by atoms with Gasteiger partial charge in [0.05, 0.1) is 17.1 Å². The number of aryl methyl sites for hydroxylation is 1. The van der Waals surface area contributed by atoms with Crippen LogP contribution in [0.5, 0.6) is 5.75 Å². The van der Waals surface area contributed by atoms with E-state index in [2.05, 4.69) is 9.67 Å². The summed E-state index contributed by atoms with van der Waals surface area (Å²) in [6.45, 7) is 4.38. The van der Waals surface area contributed by atoms with Crippen molar-refractivity contribution < 1.29 is 13.5 Å². The number of fused-ring (bicyclic) bond motifs is 2. The summed E-state index contributed by atoms with van der Waals surface area (Å²) in [6.07, 6.45) is 1.68. The fraction of sp³-hybridized carbons (Fsp3) is 0.0833. The Hall–Kier alpha value is -5.76. The number of hydrogen-bond donors (Lipinski definition) is 0. The molecule has 44 heavy (non-hydrogen) atoms. The Bertz CT molecular complexity index is 2190. The van der Waals surface area contributed by atoms with Crippen LogP contribution in [0, 0.1) is 19.7 Å². The van der Waals surface area contributed by atoms with E-state index in [1.807, 2.05) is 92.7 Å². The third kappa shape index (κ3) is 5.07. The highest BCUT2D eigenvalue weighted by molar-refractivity contribution is 5.85. The highest BCUT2D eigenvalue weighted by Crippen LogP contribution is 2.28. The SMILES string of the molecule is Cc1cc(C=Nn2c(-c3cc4ccccc4o3)nc3ccccc3c2=O)c(C)n1-c1ccc(OCc2ccc(F)cc2)cc1. The average Bonchev–Trinajstić information content (AvgIpc) is 3.60. The van der Waals surface area contributed by atoms with Crippen molar-refractivity contribution in [2.75, 3.05) is 0 Å². The van der Waals surface area contributed by atoms with Crippen LogP contribution in [0.2, 0.25) is 0 Å². The van der Waals surface area contributed by atoms with Gasteiger partial charge in [0.25, 0.3) is 5.56 Å². The fourth-order valence-electron chi connectivity index (χ4n) is 5.36. The summed E-state index contributed by atoms with van der Waals surface area (Å²) < 4.78 is 28.6. The number of hydrogen-bond acceptors (Lipinski definition) is 5. The lowest BCUT2D eigenvalue weighted by atomic mass is 10.2. The second kappa shape index (κ2) is 11.1. The van der Waals surface area contributed by atoms with Crippen molar-refractivity contribution in [3.8, 4) is 23.0 Å². The van der Waals surface area contributed by atoms with E-state index in [1.54, 1.807) is 24.4 Å². The predicted molar refractivity (Wildman–Crippen MR) is 170 cm³/mol. The molecule has 0 atom stereocenters. The molecule has 0 saturated carbocycles. The topological polar surface area (TPSA) is 74.5 Å². The lowest BCUT2D eigenvalue weighted by Crippen LogP contribution is -2.20. The molecule has 0 N–H and O–H groups in total. The van der Waals surface area contributed by atoms with Gasteiger partial charge in [-0.2, -0.15) is 9.78 Å². The first-order valence-corrected chi connectivity index (χ1v) is 14.2. The van der Waals surface area contributed by atoms with Gasteiger partial charge in [0.15, 0.2) is 5.76 Å². The molecule has 4 aromatic carbocycles. The lowest BCUT2D eigenvalue weighted by molar-refractivity contribution is 0.306. The van der Waals surface area contributed by atoms with Crippen LogP contribution in [-0.4, -0.2) is 20.4 Å². The largest absolute Gasteiger partial charge is 0.489 e. The molecule has 7 rings (SSSR count). The smallest absolute Gasteiger partial charge is 0.282 e. The van der Waals surface area contributed by atoms with E-state index in [4.69, 9.17) is 14.1 Å². The van der Waals surface area contributed by atoms with Crippen LogP contribution in [0.3, 0.4) is 0 Å². The molecule has 0 bridgehead atoms. The van der Waals surface area contributed by atoms with Gasteiger partial charge < -0.3 is 13.7 Å². The van der Waals surface area contributed by atoms with Crippen LogP contribution in [0.15, 0.2) is 124 Å². The highest BCUT2D eigenvalue weighted by Gasteiger charge is 2.17. The van der Waals surface area contributed by atoms with Gasteiger partial charge in [-0.15, -0.1) is 0 Å². The number of ether oxygens (including phenoxy) is 1. The molecule has 7 aromatic rings. The molecule has 7 nitrogen and oxygen atoms in total. The minimum atomic E-state index is -0.285. The Morgan fingerprint density at radius 3 is 2.45 bits per heavy atom. The van der Waals surface area contributed by atoms with Gasteiger partial charge in [0.1, 0.15) is 23.8 Å². The maximum atomic E-state index is 13.7. The van der Waals surface area contributed by atoms with Gasteiger partial charge in [-0.1, -0.05) is 42.5 Å². The van der Waals surface area contributed by atoms with Gasteiger partial charge in [-0.25, -0.2) is 9.37 Å². The summed E-state index contributed by atoms with van der Waals surface area (Å²) >= 11 is 0. The maximum absolute atomic E-state index is 13.7. The summed E-state index contributed by atoms with van der Waals surface area (Å²) in [7, 11) is 0. The molecule has 0 aliphatic heterocycles. The van der Waals surface area contributed by atoms with Crippen LogP contribution in [0.4, 0.5) is 4.39 Å². The van der Waals surface area contributed by atoms with Crippen molar-refractivity contribution in [1.82, 2.24) is 14.2 Å². The maximum Gasteiger partial charge on any atom is 0.282 e. The summed E-state index contributed by atoms with van der Waals surface area (Å²) in [5, 5.41) is 6.04. The quantitative estimate of drug-likeness (QED) is 0.180. The molecule has 0 aliphatic rings. The number of para-hydroxylation sites is 2. The monoisotopic (exact) mass is 582 g/mol. The first-order valence-electron chi connectivity index (χ1n) is 14.2. The third-order valence-electron chi connectivity index (χ3n) is 7.60. The minimum Gasteiger partial charge on any atom is -0.489 e. The first kappa shape index (κ1) is 27.1. The van der Waals surface area contributed by atoms with Crippen LogP contribution in [0.1, 0.15) is 22.5 Å². The van der Waals surface area contributed by atoms with Crippen LogP contribution in [-0.2, 0) is 6.61 Å². The number of nitrogens with zero attached hydrogens (tertiary/aromatic N) is 4. The zero-order valence-corrected chi connectivity index (χ0v) is 24.1. The molecule has 0 radical (unpaired) electrons. The first-order chi connectivity index (χ1) is 21.4. The number of benzene rings is 4. The number of aromatic nitrogens is 3. The normalized spacial score (nSPS) is 11.6. The molecule has 0 amide bonds. The molecule has 0 aliphatic carbocycles. The number of furan rings is 1. The van der Waals surface area contributed by atoms with Crippen molar-refractivity contribution in [1.29, 1.82) is 0 Å². The van der Waals surface area contributed by atoms with Gasteiger partial charge in [0.2, 0.25) is 5.82 Å². The Kier molecular flexibility index (Phi) is 6.86. The molecule has 3 heterocycles. The van der Waals surface area contributed by atoms with Crippen LogP contribution in [0.25, 0.3) is 39.1 Å². The molecular weight excluding hydrogens is 555 g/mol. The van der Waals surface area contributed by atoms with Crippen molar-refractivity contribution in [2.24, 2.45) is 5.10 Å². The van der Waals surface area contributed by atoms with Gasteiger partial charge in [0, 0.05) is 28.0 Å². The van der Waals surface area contributed by atoms with E-state index in [0.717, 1.165) is 33.6 Å². The molecule has 8 heteroatoms. The van der Waals surface area contributed by atoms with Crippen molar-refractivity contribution >= 4 is 28.1 Å². The van der Waals surface area contributed by atoms with Crippen molar-refractivity contribution in [2.45, 2.75) is 20.5 Å². The molecule has 0 fully saturated rings. The second-order valence-corrected chi connectivity index (χ2v) is 10.5. The molecule has 0 unspecified atom stereocenters. The Morgan fingerprint density at radius 2 is 1.66 bits per heavy atom. The zero-order valence-electron chi connectivity index (χ0n) is 24.1. The Balaban J connectivity index is 1.21. The van der Waals surface area contributed by atoms with Crippen molar-refractivity contribution in [3.05, 3.63) is 148 Å². The number of halogens is 1. The van der Waals surface area contributed by atoms with E-state index >= 15 is 0 Å². The molecule has 3 aromatic heterocycles. The summed E-state index contributed by atoms with van der Waals surface area (Å²) in [4.78, 5) is 18.4. The van der Waals surface area contributed by atoms with Gasteiger partial charge in [-0.05, 0) is 86.1 Å². The molecular formula is C36H27FN4O3. The molecule has 0 saturated heterocycles. The van der Waals surface area contributed by atoms with Crippen LogP contribution >= 0.6 is 0 Å². The van der Waals surface area contributed by atoms with E-state index in [1.165, 1.54) is 16.8 Å². The molecule has 0 spiro atoms. The van der Waals surface area contributed by atoms with E-state index in [-0.39, 0.29) is 11.4 Å². The predicted octanol–water partition coefficient (Wildman–Crippen LogP) is 7.82. The second-order valence-electron chi connectivity index (χ2n) is 10.5. The Morgan fingerprint density at radius 1 is 0.909 bits per heavy atom. The van der Waals surface area contributed by atoms with Crippen LogP contribution < -0.4 is 10.3 Å². The number of rotatable bonds is 7. The zero-order chi connectivity index (χ0) is 30.2. The molecule has 216 valence electrons. The fourth-order valence-corrected chi connectivity index (χ4v) is 5.36. The minimum absolute atomic E-state index is 0.271. The highest BCUT2D eigenvalue weighted by atomic mass is 19.1.